The van der Waals surface area contributed by atoms with Crippen LogP contribution in [-0.4, -0.2) is 26.9 Å². The van der Waals surface area contributed by atoms with Gasteiger partial charge in [0.2, 0.25) is 0 Å². The van der Waals surface area contributed by atoms with E-state index in [0.717, 1.165) is 13.0 Å². The van der Waals surface area contributed by atoms with Gasteiger partial charge in [0, 0.05) is 37.4 Å². The topological polar surface area (TPSA) is 33.1 Å². The maximum atomic E-state index is 4.49. The van der Waals surface area contributed by atoms with Crippen LogP contribution in [0.5, 0.6) is 0 Å². The van der Waals surface area contributed by atoms with Crippen molar-refractivity contribution in [2.45, 2.75) is 65.1 Å². The molecule has 0 aliphatic carbocycles. The van der Waals surface area contributed by atoms with E-state index in [9.17, 15) is 0 Å². The third-order valence-electron chi connectivity index (χ3n) is 3.97. The summed E-state index contributed by atoms with van der Waals surface area (Å²) in [6.07, 6.45) is 7.08. The van der Waals surface area contributed by atoms with Crippen molar-refractivity contribution < 1.29 is 0 Å². The quantitative estimate of drug-likeness (QED) is 0.889. The summed E-state index contributed by atoms with van der Waals surface area (Å²) in [7, 11) is 1.99. The van der Waals surface area contributed by atoms with Crippen molar-refractivity contribution in [2.24, 2.45) is 7.05 Å². The fourth-order valence-corrected chi connectivity index (χ4v) is 2.94. The molecule has 0 bridgehead atoms. The minimum absolute atomic E-state index is 0.635. The second-order valence-corrected chi connectivity index (χ2v) is 5.50. The molecule has 2 heterocycles. The van der Waals surface area contributed by atoms with E-state index < -0.39 is 0 Å². The first-order valence-electron chi connectivity index (χ1n) is 7.15. The maximum absolute atomic E-state index is 4.49. The van der Waals surface area contributed by atoms with Gasteiger partial charge < -0.3 is 0 Å². The number of nitrogens with zero attached hydrogens (tertiary/aromatic N) is 3. The van der Waals surface area contributed by atoms with E-state index in [2.05, 4.69) is 42.5 Å². The Morgan fingerprint density at radius 3 is 2.61 bits per heavy atom. The summed E-state index contributed by atoms with van der Waals surface area (Å²) in [6.45, 7) is 7.68. The lowest BCUT2D eigenvalue weighted by molar-refractivity contribution is 0.0435. The summed E-state index contributed by atoms with van der Waals surface area (Å²) in [4.78, 5) is 0. The minimum Gasteiger partial charge on any atom is -0.275 e. The standard InChI is InChI=1S/C14H26N4/c1-5-14-13(10-17(4)16-14)9-15-18-11(2)7-6-8-12(18)3/h10-12,15H,5-9H2,1-4H3. The van der Waals surface area contributed by atoms with Crippen LogP contribution < -0.4 is 5.43 Å². The highest BCUT2D eigenvalue weighted by Crippen LogP contribution is 2.20. The summed E-state index contributed by atoms with van der Waals surface area (Å²) in [5.41, 5.74) is 6.14. The van der Waals surface area contributed by atoms with Crippen LogP contribution in [0.2, 0.25) is 0 Å². The number of piperidine rings is 1. The molecule has 2 atom stereocenters. The van der Waals surface area contributed by atoms with E-state index in [4.69, 9.17) is 0 Å². The van der Waals surface area contributed by atoms with Gasteiger partial charge in [0.1, 0.15) is 0 Å². The lowest BCUT2D eigenvalue weighted by atomic mass is 10.00. The Balaban J connectivity index is 1.97. The van der Waals surface area contributed by atoms with Gasteiger partial charge in [-0.3, -0.25) is 10.1 Å². The highest BCUT2D eigenvalue weighted by atomic mass is 15.5. The largest absolute Gasteiger partial charge is 0.275 e. The molecule has 1 aromatic heterocycles. The molecular formula is C14H26N4. The van der Waals surface area contributed by atoms with Crippen LogP contribution >= 0.6 is 0 Å². The highest BCUT2D eigenvalue weighted by molar-refractivity contribution is 5.16. The molecule has 2 unspecified atom stereocenters. The molecule has 18 heavy (non-hydrogen) atoms. The molecule has 0 amide bonds. The van der Waals surface area contributed by atoms with Gasteiger partial charge in [0.15, 0.2) is 0 Å². The molecule has 1 N–H and O–H groups in total. The summed E-state index contributed by atoms with van der Waals surface area (Å²) in [5.74, 6) is 0. The van der Waals surface area contributed by atoms with Gasteiger partial charge in [0.25, 0.3) is 0 Å². The van der Waals surface area contributed by atoms with Crippen molar-refractivity contribution in [3.63, 3.8) is 0 Å². The number of nitrogens with one attached hydrogen (secondary N) is 1. The van der Waals surface area contributed by atoms with Crippen molar-refractivity contribution in [3.8, 4) is 0 Å². The first kappa shape index (κ1) is 13.6. The van der Waals surface area contributed by atoms with E-state index in [1.807, 2.05) is 11.7 Å². The van der Waals surface area contributed by atoms with Gasteiger partial charge >= 0.3 is 0 Å². The van der Waals surface area contributed by atoms with Crippen molar-refractivity contribution in [3.05, 3.63) is 17.5 Å². The monoisotopic (exact) mass is 250 g/mol. The predicted octanol–water partition coefficient (Wildman–Crippen LogP) is 2.25. The zero-order chi connectivity index (χ0) is 13.1. The van der Waals surface area contributed by atoms with Crippen molar-refractivity contribution in [2.75, 3.05) is 0 Å². The van der Waals surface area contributed by atoms with Crippen molar-refractivity contribution in [1.82, 2.24) is 20.2 Å². The third kappa shape index (κ3) is 2.93. The molecule has 1 aliphatic heterocycles. The van der Waals surface area contributed by atoms with Crippen LogP contribution in [0.3, 0.4) is 0 Å². The van der Waals surface area contributed by atoms with E-state index in [-0.39, 0.29) is 0 Å². The second-order valence-electron chi connectivity index (χ2n) is 5.50. The Kier molecular flexibility index (Phi) is 4.40. The van der Waals surface area contributed by atoms with Crippen molar-refractivity contribution >= 4 is 0 Å². The first-order chi connectivity index (χ1) is 8.61. The van der Waals surface area contributed by atoms with Crippen LogP contribution in [0.25, 0.3) is 0 Å². The predicted molar refractivity (Wildman–Crippen MR) is 74.0 cm³/mol. The molecular weight excluding hydrogens is 224 g/mol. The van der Waals surface area contributed by atoms with Gasteiger partial charge in [-0.25, -0.2) is 5.01 Å². The molecule has 1 fully saturated rings. The molecule has 4 nitrogen and oxygen atoms in total. The normalized spacial score (nSPS) is 25.6. The van der Waals surface area contributed by atoms with Gasteiger partial charge in [-0.05, 0) is 33.1 Å². The van der Waals surface area contributed by atoms with Gasteiger partial charge in [-0.15, -0.1) is 0 Å². The van der Waals surface area contributed by atoms with Crippen LogP contribution in [0.1, 0.15) is 51.3 Å². The molecule has 0 spiro atoms. The zero-order valence-corrected chi connectivity index (χ0v) is 12.1. The summed E-state index contributed by atoms with van der Waals surface area (Å²) in [5, 5.41) is 6.92. The maximum Gasteiger partial charge on any atom is 0.0667 e. The minimum atomic E-state index is 0.635. The Bertz CT molecular complexity index is 375. The molecule has 102 valence electrons. The van der Waals surface area contributed by atoms with Crippen LogP contribution in [0, 0.1) is 0 Å². The number of hydrogen-bond acceptors (Lipinski definition) is 3. The van der Waals surface area contributed by atoms with E-state index >= 15 is 0 Å². The Hall–Kier alpha value is -0.870. The van der Waals surface area contributed by atoms with Crippen LogP contribution in [0.15, 0.2) is 6.20 Å². The fourth-order valence-electron chi connectivity index (χ4n) is 2.94. The fraction of sp³-hybridized carbons (Fsp3) is 0.786. The average Bonchev–Trinajstić information content (AvgIpc) is 2.69. The van der Waals surface area contributed by atoms with Gasteiger partial charge in [-0.1, -0.05) is 13.3 Å². The van der Waals surface area contributed by atoms with Crippen LogP contribution in [-0.2, 0) is 20.0 Å². The summed E-state index contributed by atoms with van der Waals surface area (Å²) in [6, 6.07) is 1.27. The lowest BCUT2D eigenvalue weighted by Crippen LogP contribution is -2.51. The number of rotatable bonds is 4. The molecule has 1 aromatic rings. The van der Waals surface area contributed by atoms with Gasteiger partial charge in [0.05, 0.1) is 5.69 Å². The lowest BCUT2D eigenvalue weighted by Gasteiger charge is -2.39. The number of aromatic nitrogens is 2. The Morgan fingerprint density at radius 2 is 2.00 bits per heavy atom. The van der Waals surface area contributed by atoms with E-state index in [0.29, 0.717) is 12.1 Å². The first-order valence-corrected chi connectivity index (χ1v) is 7.15. The third-order valence-corrected chi connectivity index (χ3v) is 3.97. The molecule has 2 rings (SSSR count). The number of hydrazine groups is 1. The highest BCUT2D eigenvalue weighted by Gasteiger charge is 2.24. The molecule has 0 radical (unpaired) electrons. The number of aryl methyl sites for hydroxylation is 2. The van der Waals surface area contributed by atoms with Crippen LogP contribution in [0.4, 0.5) is 0 Å². The second kappa shape index (κ2) is 5.85. The number of hydrogen-bond donors (Lipinski definition) is 1. The zero-order valence-electron chi connectivity index (χ0n) is 12.1. The smallest absolute Gasteiger partial charge is 0.0667 e. The molecule has 1 saturated heterocycles. The summed E-state index contributed by atoms with van der Waals surface area (Å²) < 4.78 is 1.92. The van der Waals surface area contributed by atoms with Crippen molar-refractivity contribution in [1.29, 1.82) is 0 Å². The Morgan fingerprint density at radius 1 is 1.33 bits per heavy atom. The average molecular weight is 250 g/mol. The Labute approximate surface area is 110 Å². The SMILES string of the molecule is CCc1nn(C)cc1CNN1C(C)CCCC1C. The van der Waals surface area contributed by atoms with Gasteiger partial charge in [-0.2, -0.15) is 5.10 Å². The molecule has 1 aliphatic rings. The molecule has 4 heteroatoms. The molecule has 0 aromatic carbocycles. The summed E-state index contributed by atoms with van der Waals surface area (Å²) >= 11 is 0. The van der Waals surface area contributed by atoms with E-state index in [1.54, 1.807) is 0 Å². The van der Waals surface area contributed by atoms with E-state index in [1.165, 1.54) is 30.5 Å². The molecule has 0 saturated carbocycles.